The molecule has 0 saturated carbocycles. The molecule has 0 unspecified atom stereocenters. The zero-order valence-corrected chi connectivity index (χ0v) is 15.5. The Morgan fingerprint density at radius 2 is 1.64 bits per heavy atom. The van der Waals surface area contributed by atoms with Gasteiger partial charge in [-0.3, -0.25) is 14.6 Å². The molecule has 0 radical (unpaired) electrons. The lowest BCUT2D eigenvalue weighted by molar-refractivity contribution is 0.0953. The van der Waals surface area contributed by atoms with E-state index in [0.717, 1.165) is 0 Å². The first kappa shape index (κ1) is 19.5. The topological polar surface area (TPSA) is 71.1 Å². The second kappa shape index (κ2) is 9.10. The molecule has 0 spiro atoms. The summed E-state index contributed by atoms with van der Waals surface area (Å²) in [5.41, 5.74) is 1.45. The van der Waals surface area contributed by atoms with Gasteiger partial charge in [0.2, 0.25) is 0 Å². The highest BCUT2D eigenvalue weighted by Gasteiger charge is 2.13. The lowest BCUT2D eigenvalue weighted by atomic mass is 10.1. The normalized spacial score (nSPS) is 10.4. The van der Waals surface area contributed by atoms with Gasteiger partial charge in [-0.2, -0.15) is 0 Å². The van der Waals surface area contributed by atoms with Crippen molar-refractivity contribution in [1.82, 2.24) is 10.3 Å². The van der Waals surface area contributed by atoms with Gasteiger partial charge in [0.05, 0.1) is 21.8 Å². The molecule has 5 nitrogen and oxygen atoms in total. The van der Waals surface area contributed by atoms with E-state index in [0.29, 0.717) is 22.7 Å². The third kappa shape index (κ3) is 4.92. The molecule has 0 bridgehead atoms. The van der Waals surface area contributed by atoms with Crippen LogP contribution in [0.1, 0.15) is 26.3 Å². The summed E-state index contributed by atoms with van der Waals surface area (Å²) in [7, 11) is 0. The molecule has 0 aliphatic carbocycles. The van der Waals surface area contributed by atoms with Crippen LogP contribution < -0.4 is 10.6 Å². The zero-order chi connectivity index (χ0) is 19.9. The number of carbonyl (C=O) groups is 2. The smallest absolute Gasteiger partial charge is 0.257 e. The number of hydrogen-bond donors (Lipinski definition) is 2. The molecule has 3 aromatic rings. The van der Waals surface area contributed by atoms with Crippen molar-refractivity contribution >= 4 is 29.1 Å². The first-order valence-corrected chi connectivity index (χ1v) is 8.95. The van der Waals surface area contributed by atoms with Gasteiger partial charge in [0.25, 0.3) is 11.8 Å². The summed E-state index contributed by atoms with van der Waals surface area (Å²) in [6, 6.07) is 14.7. The van der Waals surface area contributed by atoms with Gasteiger partial charge in [0.15, 0.2) is 0 Å². The predicted molar refractivity (Wildman–Crippen MR) is 106 cm³/mol. The second-order valence-corrected chi connectivity index (χ2v) is 6.40. The third-order valence-corrected chi connectivity index (χ3v) is 4.35. The number of nitrogens with zero attached hydrogens (tertiary/aromatic N) is 1. The monoisotopic (exact) mass is 397 g/mol. The van der Waals surface area contributed by atoms with Crippen LogP contribution >= 0.6 is 11.6 Å². The van der Waals surface area contributed by atoms with Gasteiger partial charge in [0.1, 0.15) is 5.82 Å². The minimum atomic E-state index is -0.429. The lowest BCUT2D eigenvalue weighted by Gasteiger charge is -2.09. The van der Waals surface area contributed by atoms with Crippen LogP contribution in [0.15, 0.2) is 67.0 Å². The summed E-state index contributed by atoms with van der Waals surface area (Å²) < 4.78 is 13.6. The van der Waals surface area contributed by atoms with Crippen molar-refractivity contribution in [3.63, 3.8) is 0 Å². The Morgan fingerprint density at radius 1 is 0.964 bits per heavy atom. The van der Waals surface area contributed by atoms with E-state index in [1.807, 2.05) is 0 Å². The van der Waals surface area contributed by atoms with E-state index < -0.39 is 11.8 Å². The molecule has 142 valence electrons. The molecular weight excluding hydrogens is 381 g/mol. The van der Waals surface area contributed by atoms with Crippen LogP contribution in [0.25, 0.3) is 0 Å². The van der Waals surface area contributed by atoms with Crippen LogP contribution in [0.4, 0.5) is 10.1 Å². The van der Waals surface area contributed by atoms with Crippen molar-refractivity contribution < 1.29 is 14.0 Å². The van der Waals surface area contributed by atoms with Gasteiger partial charge in [-0.25, -0.2) is 4.39 Å². The molecule has 2 aromatic carbocycles. The molecule has 1 aromatic heterocycles. The Morgan fingerprint density at radius 3 is 2.39 bits per heavy atom. The highest BCUT2D eigenvalue weighted by atomic mass is 35.5. The molecule has 0 saturated heterocycles. The van der Waals surface area contributed by atoms with Gasteiger partial charge < -0.3 is 10.6 Å². The SMILES string of the molecule is O=C(NCCc1ccccc1F)c1cncc(C(=O)Nc2ccccc2Cl)c1. The second-order valence-electron chi connectivity index (χ2n) is 5.99. The number of aromatic nitrogens is 1. The van der Waals surface area contributed by atoms with E-state index in [1.165, 1.54) is 24.5 Å². The number of halogens is 2. The van der Waals surface area contributed by atoms with Gasteiger partial charge >= 0.3 is 0 Å². The quantitative estimate of drug-likeness (QED) is 0.657. The first-order chi connectivity index (χ1) is 13.5. The van der Waals surface area contributed by atoms with E-state index in [4.69, 9.17) is 11.6 Å². The number of rotatable bonds is 6. The average molecular weight is 398 g/mol. The van der Waals surface area contributed by atoms with E-state index in [2.05, 4.69) is 15.6 Å². The Balaban J connectivity index is 1.62. The van der Waals surface area contributed by atoms with Crippen LogP contribution in [-0.4, -0.2) is 23.3 Å². The van der Waals surface area contributed by atoms with Crippen molar-refractivity contribution in [2.24, 2.45) is 0 Å². The van der Waals surface area contributed by atoms with Crippen LogP contribution in [0.3, 0.4) is 0 Å². The number of para-hydroxylation sites is 1. The van der Waals surface area contributed by atoms with Crippen molar-refractivity contribution in [1.29, 1.82) is 0 Å². The van der Waals surface area contributed by atoms with Crippen molar-refractivity contribution in [2.75, 3.05) is 11.9 Å². The fraction of sp³-hybridized carbons (Fsp3) is 0.0952. The Bertz CT molecular complexity index is 1010. The van der Waals surface area contributed by atoms with Crippen LogP contribution in [0.2, 0.25) is 5.02 Å². The first-order valence-electron chi connectivity index (χ1n) is 8.57. The largest absolute Gasteiger partial charge is 0.352 e. The predicted octanol–water partition coefficient (Wildman–Crippen LogP) is 4.10. The molecule has 28 heavy (non-hydrogen) atoms. The minimum absolute atomic E-state index is 0.224. The number of benzene rings is 2. The van der Waals surface area contributed by atoms with Crippen molar-refractivity contribution in [2.45, 2.75) is 6.42 Å². The number of amides is 2. The van der Waals surface area contributed by atoms with Crippen LogP contribution in [-0.2, 0) is 6.42 Å². The number of hydrogen-bond acceptors (Lipinski definition) is 3. The van der Waals surface area contributed by atoms with E-state index in [1.54, 1.807) is 42.5 Å². The molecule has 3 rings (SSSR count). The fourth-order valence-corrected chi connectivity index (χ4v) is 2.74. The number of carbonyl (C=O) groups excluding carboxylic acids is 2. The molecule has 2 N–H and O–H groups in total. The molecule has 0 atom stereocenters. The number of anilines is 1. The molecule has 0 fully saturated rings. The lowest BCUT2D eigenvalue weighted by Crippen LogP contribution is -2.26. The standard InChI is InChI=1S/C21H17ClFN3O2/c22-17-6-2-4-8-19(17)26-21(28)16-11-15(12-24-13-16)20(27)25-10-9-14-5-1-3-7-18(14)23/h1-8,11-13H,9-10H2,(H,25,27)(H,26,28). The number of nitrogens with one attached hydrogen (secondary N) is 2. The summed E-state index contributed by atoms with van der Waals surface area (Å²) in [5.74, 6) is -1.13. The summed E-state index contributed by atoms with van der Waals surface area (Å²) >= 11 is 6.04. The zero-order valence-electron chi connectivity index (χ0n) is 14.8. The molecule has 0 aliphatic heterocycles. The molecule has 7 heteroatoms. The minimum Gasteiger partial charge on any atom is -0.352 e. The Kier molecular flexibility index (Phi) is 6.34. The van der Waals surface area contributed by atoms with E-state index >= 15 is 0 Å². The van der Waals surface area contributed by atoms with E-state index in [-0.39, 0.29) is 23.5 Å². The van der Waals surface area contributed by atoms with Gasteiger partial charge in [-0.15, -0.1) is 0 Å². The summed E-state index contributed by atoms with van der Waals surface area (Å²) in [4.78, 5) is 28.7. The molecule has 1 heterocycles. The highest BCUT2D eigenvalue weighted by Crippen LogP contribution is 2.21. The maximum absolute atomic E-state index is 13.6. The third-order valence-electron chi connectivity index (χ3n) is 4.02. The van der Waals surface area contributed by atoms with Crippen LogP contribution in [0.5, 0.6) is 0 Å². The maximum atomic E-state index is 13.6. The highest BCUT2D eigenvalue weighted by molar-refractivity contribution is 6.33. The van der Waals surface area contributed by atoms with E-state index in [9.17, 15) is 14.0 Å². The summed E-state index contributed by atoms with van der Waals surface area (Å²) in [6.45, 7) is 0.260. The molecular formula is C21H17ClFN3O2. The Hall–Kier alpha value is -3.25. The van der Waals surface area contributed by atoms with Crippen LogP contribution in [0, 0.1) is 5.82 Å². The Labute approximate surface area is 166 Å². The van der Waals surface area contributed by atoms with Gasteiger partial charge in [-0.05, 0) is 36.2 Å². The number of pyridine rings is 1. The van der Waals surface area contributed by atoms with Gasteiger partial charge in [0, 0.05) is 18.9 Å². The summed E-state index contributed by atoms with van der Waals surface area (Å²) in [6.07, 6.45) is 3.09. The maximum Gasteiger partial charge on any atom is 0.257 e. The summed E-state index contributed by atoms with van der Waals surface area (Å²) in [5, 5.41) is 5.79. The van der Waals surface area contributed by atoms with Crippen molar-refractivity contribution in [3.05, 3.63) is 94.5 Å². The van der Waals surface area contributed by atoms with Gasteiger partial charge in [-0.1, -0.05) is 41.9 Å². The average Bonchev–Trinajstić information content (AvgIpc) is 2.71. The van der Waals surface area contributed by atoms with Crippen molar-refractivity contribution in [3.8, 4) is 0 Å². The fourth-order valence-electron chi connectivity index (χ4n) is 2.56. The molecule has 0 aliphatic rings. The molecule has 2 amide bonds.